The molecular weight excluding hydrogens is 261 g/mol. The fraction of sp³-hybridized carbons (Fsp3) is 0.368. The Morgan fingerprint density at radius 3 is 2.19 bits per heavy atom. The second-order valence-electron chi connectivity index (χ2n) is 5.61. The lowest BCUT2D eigenvalue weighted by molar-refractivity contribution is 0.490. The zero-order valence-electron chi connectivity index (χ0n) is 12.9. The number of hydrogen-bond donors (Lipinski definition) is 1. The van der Waals surface area contributed by atoms with Crippen molar-refractivity contribution >= 4 is 0 Å². The molecule has 0 saturated heterocycles. The first-order valence-electron chi connectivity index (χ1n) is 7.70. The van der Waals surface area contributed by atoms with Crippen molar-refractivity contribution < 1.29 is 4.39 Å². The van der Waals surface area contributed by atoms with Gasteiger partial charge in [-0.1, -0.05) is 48.9 Å². The molecule has 0 aliphatic rings. The van der Waals surface area contributed by atoms with Crippen molar-refractivity contribution in [2.24, 2.45) is 0 Å². The van der Waals surface area contributed by atoms with E-state index in [0.29, 0.717) is 6.04 Å². The minimum absolute atomic E-state index is 0.168. The second-order valence-corrected chi connectivity index (χ2v) is 5.61. The van der Waals surface area contributed by atoms with E-state index in [0.717, 1.165) is 25.8 Å². The van der Waals surface area contributed by atoms with Crippen molar-refractivity contribution in [1.29, 1.82) is 0 Å². The highest BCUT2D eigenvalue weighted by molar-refractivity contribution is 5.22. The monoisotopic (exact) mass is 285 g/mol. The van der Waals surface area contributed by atoms with Crippen molar-refractivity contribution in [3.05, 3.63) is 71.0 Å². The maximum atomic E-state index is 13.0. The highest BCUT2D eigenvalue weighted by Crippen LogP contribution is 2.12. The normalized spacial score (nSPS) is 12.3. The van der Waals surface area contributed by atoms with Gasteiger partial charge in [-0.3, -0.25) is 0 Å². The lowest BCUT2D eigenvalue weighted by Gasteiger charge is -2.18. The van der Waals surface area contributed by atoms with E-state index in [9.17, 15) is 4.39 Å². The Morgan fingerprint density at radius 1 is 0.952 bits per heavy atom. The lowest BCUT2D eigenvalue weighted by Crippen LogP contribution is -2.31. The Morgan fingerprint density at radius 2 is 1.57 bits per heavy atom. The predicted molar refractivity (Wildman–Crippen MR) is 87.1 cm³/mol. The van der Waals surface area contributed by atoms with E-state index in [-0.39, 0.29) is 5.82 Å². The minimum Gasteiger partial charge on any atom is -0.314 e. The van der Waals surface area contributed by atoms with Crippen LogP contribution in [0, 0.1) is 12.7 Å². The van der Waals surface area contributed by atoms with Gasteiger partial charge in [0.2, 0.25) is 0 Å². The molecule has 0 saturated carbocycles. The Labute approximate surface area is 127 Å². The minimum atomic E-state index is -0.168. The average Bonchev–Trinajstić information content (AvgIpc) is 2.49. The number of likely N-dealkylation sites (N-methyl/N-ethyl adjacent to an activating group) is 1. The molecule has 21 heavy (non-hydrogen) atoms. The highest BCUT2D eigenvalue weighted by atomic mass is 19.1. The van der Waals surface area contributed by atoms with Gasteiger partial charge in [-0.05, 0) is 56.0 Å². The van der Waals surface area contributed by atoms with E-state index in [2.05, 4.69) is 43.4 Å². The molecule has 112 valence electrons. The molecule has 1 unspecified atom stereocenters. The topological polar surface area (TPSA) is 12.0 Å². The highest BCUT2D eigenvalue weighted by Gasteiger charge is 2.09. The van der Waals surface area contributed by atoms with Crippen molar-refractivity contribution in [2.45, 2.75) is 39.2 Å². The molecule has 0 bridgehead atoms. The van der Waals surface area contributed by atoms with Crippen LogP contribution >= 0.6 is 0 Å². The van der Waals surface area contributed by atoms with Crippen LogP contribution in [0.3, 0.4) is 0 Å². The summed E-state index contributed by atoms with van der Waals surface area (Å²) in [5, 5.41) is 3.53. The molecule has 0 heterocycles. The van der Waals surface area contributed by atoms with E-state index in [1.807, 2.05) is 12.1 Å². The zero-order valence-corrected chi connectivity index (χ0v) is 12.9. The van der Waals surface area contributed by atoms with Crippen LogP contribution in [0.25, 0.3) is 0 Å². The number of benzene rings is 2. The standard InChI is InChI=1S/C19H24FN/c1-3-21-19(14-17-8-11-18(20)12-9-17)13-10-16-6-4-15(2)5-7-16/h4-9,11-12,19,21H,3,10,13-14H2,1-2H3. The molecular formula is C19H24FN. The van der Waals surface area contributed by atoms with Gasteiger partial charge in [0, 0.05) is 6.04 Å². The van der Waals surface area contributed by atoms with Crippen LogP contribution in [0.4, 0.5) is 4.39 Å². The fourth-order valence-corrected chi connectivity index (χ4v) is 2.57. The van der Waals surface area contributed by atoms with Crippen LogP contribution < -0.4 is 5.32 Å². The third-order valence-electron chi connectivity index (χ3n) is 3.79. The first-order chi connectivity index (χ1) is 10.2. The molecule has 1 N–H and O–H groups in total. The Bertz CT molecular complexity index is 530. The van der Waals surface area contributed by atoms with E-state index in [4.69, 9.17) is 0 Å². The smallest absolute Gasteiger partial charge is 0.123 e. The molecule has 1 atom stereocenters. The molecule has 0 radical (unpaired) electrons. The molecule has 0 aromatic heterocycles. The molecule has 2 heteroatoms. The number of halogens is 1. The van der Waals surface area contributed by atoms with Crippen LogP contribution in [-0.2, 0) is 12.8 Å². The lowest BCUT2D eigenvalue weighted by atomic mass is 9.98. The largest absolute Gasteiger partial charge is 0.314 e. The van der Waals surface area contributed by atoms with Crippen LogP contribution in [0.1, 0.15) is 30.0 Å². The maximum Gasteiger partial charge on any atom is 0.123 e. The Hall–Kier alpha value is -1.67. The van der Waals surface area contributed by atoms with Crippen LogP contribution in [0.15, 0.2) is 48.5 Å². The summed E-state index contributed by atoms with van der Waals surface area (Å²) in [5.74, 6) is -0.168. The third kappa shape index (κ3) is 5.31. The summed E-state index contributed by atoms with van der Waals surface area (Å²) in [5.41, 5.74) is 3.86. The van der Waals surface area contributed by atoms with Gasteiger partial charge in [-0.15, -0.1) is 0 Å². The van der Waals surface area contributed by atoms with Gasteiger partial charge < -0.3 is 5.32 Å². The molecule has 0 spiro atoms. The summed E-state index contributed by atoms with van der Waals surface area (Å²) >= 11 is 0. The Balaban J connectivity index is 1.92. The first-order valence-corrected chi connectivity index (χ1v) is 7.70. The second kappa shape index (κ2) is 7.94. The number of nitrogens with one attached hydrogen (secondary N) is 1. The summed E-state index contributed by atoms with van der Waals surface area (Å²) in [6.07, 6.45) is 3.10. The Kier molecular flexibility index (Phi) is 5.94. The fourth-order valence-electron chi connectivity index (χ4n) is 2.57. The maximum absolute atomic E-state index is 13.0. The molecule has 0 aliphatic heterocycles. The summed E-state index contributed by atoms with van der Waals surface area (Å²) in [6, 6.07) is 16.0. The van der Waals surface area contributed by atoms with E-state index >= 15 is 0 Å². The summed E-state index contributed by atoms with van der Waals surface area (Å²) in [4.78, 5) is 0. The van der Waals surface area contributed by atoms with Crippen LogP contribution in [0.2, 0.25) is 0 Å². The third-order valence-corrected chi connectivity index (χ3v) is 3.79. The van der Waals surface area contributed by atoms with Crippen LogP contribution in [0.5, 0.6) is 0 Å². The number of rotatable bonds is 7. The van der Waals surface area contributed by atoms with Crippen molar-refractivity contribution in [1.82, 2.24) is 5.32 Å². The molecule has 2 aromatic rings. The van der Waals surface area contributed by atoms with Gasteiger partial charge in [0.05, 0.1) is 0 Å². The molecule has 0 fully saturated rings. The summed E-state index contributed by atoms with van der Waals surface area (Å²) in [7, 11) is 0. The summed E-state index contributed by atoms with van der Waals surface area (Å²) in [6.45, 7) is 5.20. The zero-order chi connectivity index (χ0) is 15.1. The quantitative estimate of drug-likeness (QED) is 0.800. The van der Waals surface area contributed by atoms with Crippen molar-refractivity contribution in [3.8, 4) is 0 Å². The van der Waals surface area contributed by atoms with Crippen LogP contribution in [-0.4, -0.2) is 12.6 Å². The number of hydrogen-bond acceptors (Lipinski definition) is 1. The van der Waals surface area contributed by atoms with Gasteiger partial charge >= 0.3 is 0 Å². The van der Waals surface area contributed by atoms with Gasteiger partial charge in [-0.2, -0.15) is 0 Å². The van der Waals surface area contributed by atoms with Gasteiger partial charge in [0.15, 0.2) is 0 Å². The van der Waals surface area contributed by atoms with E-state index in [1.54, 1.807) is 0 Å². The van der Waals surface area contributed by atoms with Gasteiger partial charge in [-0.25, -0.2) is 4.39 Å². The molecule has 1 nitrogen and oxygen atoms in total. The predicted octanol–water partition coefficient (Wildman–Crippen LogP) is 4.29. The molecule has 0 amide bonds. The van der Waals surface area contributed by atoms with Crippen molar-refractivity contribution in [2.75, 3.05) is 6.54 Å². The van der Waals surface area contributed by atoms with E-state index < -0.39 is 0 Å². The average molecular weight is 285 g/mol. The summed E-state index contributed by atoms with van der Waals surface area (Å²) < 4.78 is 13.0. The number of aryl methyl sites for hydroxylation is 2. The molecule has 2 aromatic carbocycles. The SMILES string of the molecule is CCNC(CCc1ccc(C)cc1)Cc1ccc(F)cc1. The first kappa shape index (κ1) is 15.7. The molecule has 0 aliphatic carbocycles. The van der Waals surface area contributed by atoms with Crippen molar-refractivity contribution in [3.63, 3.8) is 0 Å². The van der Waals surface area contributed by atoms with E-state index in [1.165, 1.54) is 28.8 Å². The molecule has 2 rings (SSSR count). The van der Waals surface area contributed by atoms with Gasteiger partial charge in [0.25, 0.3) is 0 Å². The van der Waals surface area contributed by atoms with Gasteiger partial charge in [0.1, 0.15) is 5.82 Å².